The summed E-state index contributed by atoms with van der Waals surface area (Å²) in [5.74, 6) is 3.77. The summed E-state index contributed by atoms with van der Waals surface area (Å²) >= 11 is 0. The Morgan fingerprint density at radius 3 is 2.63 bits per heavy atom. The first-order valence-electron chi connectivity index (χ1n) is 10.1. The maximum absolute atomic E-state index is 6.25. The molecule has 3 heterocycles. The highest BCUT2D eigenvalue weighted by Gasteiger charge is 2.42. The van der Waals surface area contributed by atoms with Crippen molar-refractivity contribution in [3.63, 3.8) is 0 Å². The van der Waals surface area contributed by atoms with Gasteiger partial charge in [-0.3, -0.25) is 0 Å². The summed E-state index contributed by atoms with van der Waals surface area (Å²) in [4.78, 5) is 0. The number of aromatic nitrogens is 2. The molecular weight excluding hydrogens is 344 g/mol. The van der Waals surface area contributed by atoms with Crippen LogP contribution in [0.2, 0.25) is 0 Å². The van der Waals surface area contributed by atoms with E-state index in [2.05, 4.69) is 22.3 Å². The Bertz CT molecular complexity index is 791. The Kier molecular flexibility index (Phi) is 4.52. The van der Waals surface area contributed by atoms with E-state index in [-0.39, 0.29) is 12.2 Å². The number of rotatable bonds is 4. The second-order valence-corrected chi connectivity index (χ2v) is 7.97. The Hall–Kier alpha value is -2.08. The summed E-state index contributed by atoms with van der Waals surface area (Å²) in [7, 11) is 0. The summed E-state index contributed by atoms with van der Waals surface area (Å²) < 4.78 is 23.0. The zero-order valence-electron chi connectivity index (χ0n) is 15.6. The molecule has 0 unspecified atom stereocenters. The molecule has 1 aliphatic carbocycles. The van der Waals surface area contributed by atoms with Crippen molar-refractivity contribution < 1.29 is 18.6 Å². The van der Waals surface area contributed by atoms with Crippen LogP contribution < -0.4 is 9.47 Å². The molecule has 2 aromatic rings. The third-order valence-electron chi connectivity index (χ3n) is 6.34. The van der Waals surface area contributed by atoms with Crippen LogP contribution in [0.25, 0.3) is 0 Å². The average molecular weight is 370 g/mol. The zero-order valence-corrected chi connectivity index (χ0v) is 15.6. The number of benzene rings is 1. The highest BCUT2D eigenvalue weighted by Crippen LogP contribution is 2.44. The largest absolute Gasteiger partial charge is 0.454 e. The van der Waals surface area contributed by atoms with Crippen molar-refractivity contribution in [3.05, 3.63) is 35.5 Å². The first-order chi connectivity index (χ1) is 13.3. The summed E-state index contributed by atoms with van der Waals surface area (Å²) in [6, 6.07) is 6.15. The normalized spacial score (nSPS) is 22.1. The summed E-state index contributed by atoms with van der Waals surface area (Å²) in [5.41, 5.74) is 0.833. The minimum Gasteiger partial charge on any atom is -0.454 e. The van der Waals surface area contributed by atoms with Gasteiger partial charge in [-0.15, -0.1) is 10.2 Å². The molecule has 6 nitrogen and oxygen atoms in total. The number of fused-ring (bicyclic) bond motifs is 1. The van der Waals surface area contributed by atoms with Crippen LogP contribution in [0.15, 0.2) is 22.6 Å². The van der Waals surface area contributed by atoms with Crippen molar-refractivity contribution in [1.29, 1.82) is 0 Å². The van der Waals surface area contributed by atoms with Crippen molar-refractivity contribution in [1.82, 2.24) is 10.2 Å². The van der Waals surface area contributed by atoms with Crippen LogP contribution in [0.3, 0.4) is 0 Å². The molecule has 27 heavy (non-hydrogen) atoms. The molecule has 0 spiro atoms. The van der Waals surface area contributed by atoms with Crippen LogP contribution in [0.4, 0.5) is 0 Å². The van der Waals surface area contributed by atoms with E-state index < -0.39 is 0 Å². The van der Waals surface area contributed by atoms with Gasteiger partial charge >= 0.3 is 0 Å². The molecule has 0 N–H and O–H groups in total. The lowest BCUT2D eigenvalue weighted by molar-refractivity contribution is 0.0538. The van der Waals surface area contributed by atoms with Crippen LogP contribution in [0.5, 0.6) is 11.5 Å². The fraction of sp³-hybridized carbons (Fsp3) is 0.619. The lowest BCUT2D eigenvalue weighted by atomic mass is 9.74. The van der Waals surface area contributed by atoms with Crippen LogP contribution in [-0.4, -0.2) is 30.2 Å². The lowest BCUT2D eigenvalue weighted by Crippen LogP contribution is -2.35. The summed E-state index contributed by atoms with van der Waals surface area (Å²) in [6.45, 7) is 1.66. The third-order valence-corrected chi connectivity index (χ3v) is 6.34. The molecule has 1 aromatic carbocycles. The van der Waals surface area contributed by atoms with Gasteiger partial charge < -0.3 is 18.6 Å². The fourth-order valence-corrected chi connectivity index (χ4v) is 4.71. The molecule has 1 saturated carbocycles. The van der Waals surface area contributed by atoms with Crippen LogP contribution in [0, 0.1) is 5.92 Å². The van der Waals surface area contributed by atoms with Crippen molar-refractivity contribution in [2.45, 2.75) is 56.8 Å². The standard InChI is InChI=1S/C21H26N2O4/c1-2-4-15(5-3-1)12-19-22-23-20(27-19)21(8-10-24-11-9-21)16-6-7-17-18(13-16)26-14-25-17/h6-7,13,15H,1-5,8-12,14H2. The SMILES string of the molecule is c1cc2c(cc1C1(c3nnc(CC4CCCCC4)o3)CCOCC1)OCO2. The quantitative estimate of drug-likeness (QED) is 0.810. The smallest absolute Gasteiger partial charge is 0.231 e. The van der Waals surface area contributed by atoms with Crippen LogP contribution in [0.1, 0.15) is 62.3 Å². The Balaban J connectivity index is 1.45. The van der Waals surface area contributed by atoms with Crippen molar-refractivity contribution in [2.24, 2.45) is 5.92 Å². The topological polar surface area (TPSA) is 66.6 Å². The third kappa shape index (κ3) is 3.20. The van der Waals surface area contributed by atoms with E-state index in [9.17, 15) is 0 Å². The molecule has 2 fully saturated rings. The fourth-order valence-electron chi connectivity index (χ4n) is 4.71. The van der Waals surface area contributed by atoms with E-state index in [4.69, 9.17) is 18.6 Å². The minimum atomic E-state index is -0.308. The van der Waals surface area contributed by atoms with E-state index in [0.717, 1.165) is 48.1 Å². The number of hydrogen-bond donors (Lipinski definition) is 0. The van der Waals surface area contributed by atoms with E-state index in [1.165, 1.54) is 32.1 Å². The molecule has 3 aliphatic rings. The maximum Gasteiger partial charge on any atom is 0.231 e. The second kappa shape index (κ2) is 7.15. The van der Waals surface area contributed by atoms with Gasteiger partial charge in [0.1, 0.15) is 0 Å². The van der Waals surface area contributed by atoms with Gasteiger partial charge in [-0.1, -0.05) is 25.3 Å². The van der Waals surface area contributed by atoms with Gasteiger partial charge in [-0.25, -0.2) is 0 Å². The Labute approximate surface area is 159 Å². The molecule has 5 rings (SSSR count). The first kappa shape index (κ1) is 17.0. The van der Waals surface area contributed by atoms with E-state index >= 15 is 0 Å². The second-order valence-electron chi connectivity index (χ2n) is 7.97. The molecule has 1 aromatic heterocycles. The Morgan fingerprint density at radius 2 is 1.78 bits per heavy atom. The average Bonchev–Trinajstić information content (AvgIpc) is 3.38. The monoisotopic (exact) mass is 370 g/mol. The van der Waals surface area contributed by atoms with Gasteiger partial charge in [0.2, 0.25) is 18.6 Å². The maximum atomic E-state index is 6.25. The van der Waals surface area contributed by atoms with Crippen molar-refractivity contribution >= 4 is 0 Å². The van der Waals surface area contributed by atoms with Crippen molar-refractivity contribution in [3.8, 4) is 11.5 Å². The van der Waals surface area contributed by atoms with Gasteiger partial charge in [0, 0.05) is 19.6 Å². The van der Waals surface area contributed by atoms with Crippen molar-refractivity contribution in [2.75, 3.05) is 20.0 Å². The predicted molar refractivity (Wildman–Crippen MR) is 98.0 cm³/mol. The molecule has 144 valence electrons. The molecule has 0 bridgehead atoms. The van der Waals surface area contributed by atoms with E-state index in [1.807, 2.05) is 6.07 Å². The van der Waals surface area contributed by atoms with Gasteiger partial charge in [0.25, 0.3) is 0 Å². The zero-order chi connectivity index (χ0) is 18.1. The molecule has 0 atom stereocenters. The lowest BCUT2D eigenvalue weighted by Gasteiger charge is -2.34. The molecule has 0 radical (unpaired) electrons. The van der Waals surface area contributed by atoms with Crippen LogP contribution in [-0.2, 0) is 16.6 Å². The highest BCUT2D eigenvalue weighted by atomic mass is 16.7. The number of hydrogen-bond acceptors (Lipinski definition) is 6. The molecule has 6 heteroatoms. The Morgan fingerprint density at radius 1 is 0.963 bits per heavy atom. The molecule has 1 saturated heterocycles. The van der Waals surface area contributed by atoms with Gasteiger partial charge in [0.15, 0.2) is 11.5 Å². The minimum absolute atomic E-state index is 0.279. The van der Waals surface area contributed by atoms with Crippen LogP contribution >= 0.6 is 0 Å². The molecular formula is C21H26N2O4. The van der Waals surface area contributed by atoms with Gasteiger partial charge in [-0.05, 0) is 49.3 Å². The highest BCUT2D eigenvalue weighted by molar-refractivity contribution is 5.48. The first-order valence-corrected chi connectivity index (χ1v) is 10.1. The van der Waals surface area contributed by atoms with Gasteiger partial charge in [0.05, 0.1) is 5.41 Å². The van der Waals surface area contributed by atoms with E-state index in [1.54, 1.807) is 0 Å². The molecule has 0 amide bonds. The number of nitrogens with zero attached hydrogens (tertiary/aromatic N) is 2. The summed E-state index contributed by atoms with van der Waals surface area (Å²) in [6.07, 6.45) is 9.13. The van der Waals surface area contributed by atoms with Gasteiger partial charge in [-0.2, -0.15) is 0 Å². The predicted octanol–water partition coefficient (Wildman–Crippen LogP) is 4.02. The summed E-state index contributed by atoms with van der Waals surface area (Å²) in [5, 5.41) is 8.92. The number of ether oxygens (including phenoxy) is 3. The molecule has 2 aliphatic heterocycles. The van der Waals surface area contributed by atoms with E-state index in [0.29, 0.717) is 19.1 Å².